The predicted molar refractivity (Wildman–Crippen MR) is 70.7 cm³/mol. The molecule has 2 heterocycles. The van der Waals surface area contributed by atoms with Gasteiger partial charge in [0.1, 0.15) is 0 Å². The molecule has 88 valence electrons. The quantitative estimate of drug-likeness (QED) is 0.769. The van der Waals surface area contributed by atoms with E-state index in [9.17, 15) is 4.79 Å². The molecule has 17 heavy (non-hydrogen) atoms. The second-order valence-electron chi connectivity index (χ2n) is 4.21. The van der Waals surface area contributed by atoms with Crippen molar-refractivity contribution in [2.45, 2.75) is 25.2 Å². The zero-order valence-corrected chi connectivity index (χ0v) is 11.5. The summed E-state index contributed by atoms with van der Waals surface area (Å²) in [7, 11) is 0. The minimum absolute atomic E-state index is 0.0209. The standard InChI is InChI=1S/C13H11BrO2S/c14-10-4-6-16-13(10)12(15)9-2-1-3-11-8(9)5-7-17-11/h4-7,9H,1-3H2. The number of ketones is 1. The van der Waals surface area contributed by atoms with Crippen LogP contribution in [-0.2, 0) is 6.42 Å². The number of furan rings is 1. The molecular formula is C13H11BrO2S. The summed E-state index contributed by atoms with van der Waals surface area (Å²) in [4.78, 5) is 13.8. The van der Waals surface area contributed by atoms with Crippen molar-refractivity contribution in [2.75, 3.05) is 0 Å². The molecule has 0 N–H and O–H groups in total. The highest BCUT2D eigenvalue weighted by Crippen LogP contribution is 2.38. The van der Waals surface area contributed by atoms with E-state index in [0.29, 0.717) is 5.76 Å². The monoisotopic (exact) mass is 310 g/mol. The highest BCUT2D eigenvalue weighted by Gasteiger charge is 2.30. The second-order valence-corrected chi connectivity index (χ2v) is 6.06. The largest absolute Gasteiger partial charge is 0.460 e. The van der Waals surface area contributed by atoms with Gasteiger partial charge < -0.3 is 4.42 Å². The lowest BCUT2D eigenvalue weighted by Crippen LogP contribution is -2.17. The zero-order valence-electron chi connectivity index (χ0n) is 9.11. The summed E-state index contributed by atoms with van der Waals surface area (Å²) in [6.07, 6.45) is 4.67. The number of carbonyl (C=O) groups is 1. The van der Waals surface area contributed by atoms with Gasteiger partial charge in [-0.25, -0.2) is 0 Å². The molecule has 1 atom stereocenters. The van der Waals surface area contributed by atoms with Gasteiger partial charge in [-0.05, 0) is 58.3 Å². The van der Waals surface area contributed by atoms with Gasteiger partial charge in [-0.3, -0.25) is 4.79 Å². The van der Waals surface area contributed by atoms with E-state index in [1.165, 1.54) is 10.4 Å². The van der Waals surface area contributed by atoms with Gasteiger partial charge in [0.15, 0.2) is 5.76 Å². The molecule has 1 aliphatic rings. The number of fused-ring (bicyclic) bond motifs is 1. The maximum atomic E-state index is 12.4. The molecule has 0 saturated carbocycles. The number of rotatable bonds is 2. The van der Waals surface area contributed by atoms with Crippen LogP contribution in [0.5, 0.6) is 0 Å². The summed E-state index contributed by atoms with van der Waals surface area (Å²) < 4.78 is 6.03. The molecule has 1 unspecified atom stereocenters. The maximum absolute atomic E-state index is 12.4. The molecule has 0 saturated heterocycles. The van der Waals surface area contributed by atoms with E-state index in [4.69, 9.17) is 4.42 Å². The van der Waals surface area contributed by atoms with Crippen LogP contribution >= 0.6 is 27.3 Å². The first kappa shape index (κ1) is 11.2. The molecule has 3 rings (SSSR count). The number of Topliss-reactive ketones (excluding diaryl/α,β-unsaturated/α-hetero) is 1. The summed E-state index contributed by atoms with van der Waals surface area (Å²) >= 11 is 5.11. The van der Waals surface area contributed by atoms with Gasteiger partial charge in [-0.15, -0.1) is 11.3 Å². The fourth-order valence-electron chi connectivity index (χ4n) is 2.39. The Kier molecular flexibility index (Phi) is 2.92. The summed E-state index contributed by atoms with van der Waals surface area (Å²) in [6, 6.07) is 3.85. The van der Waals surface area contributed by atoms with Gasteiger partial charge in [-0.2, -0.15) is 0 Å². The van der Waals surface area contributed by atoms with Crippen LogP contribution < -0.4 is 0 Å². The van der Waals surface area contributed by atoms with Crippen LogP contribution in [-0.4, -0.2) is 5.78 Å². The van der Waals surface area contributed by atoms with Gasteiger partial charge in [0.05, 0.1) is 16.7 Å². The van der Waals surface area contributed by atoms with E-state index in [2.05, 4.69) is 27.4 Å². The van der Waals surface area contributed by atoms with E-state index in [1.807, 2.05) is 0 Å². The molecule has 0 amide bonds. The Balaban J connectivity index is 1.97. The van der Waals surface area contributed by atoms with Crippen molar-refractivity contribution in [1.29, 1.82) is 0 Å². The summed E-state index contributed by atoms with van der Waals surface area (Å²) in [5.41, 5.74) is 1.20. The van der Waals surface area contributed by atoms with E-state index in [0.717, 1.165) is 23.7 Å². The minimum atomic E-state index is -0.0209. The number of halogens is 1. The Bertz CT molecular complexity index is 555. The Morgan fingerprint density at radius 3 is 3.12 bits per heavy atom. The van der Waals surface area contributed by atoms with Crippen molar-refractivity contribution < 1.29 is 9.21 Å². The zero-order chi connectivity index (χ0) is 11.8. The molecule has 4 heteroatoms. The van der Waals surface area contributed by atoms with Gasteiger partial charge in [-0.1, -0.05) is 0 Å². The van der Waals surface area contributed by atoms with Crippen molar-refractivity contribution in [3.05, 3.63) is 44.4 Å². The van der Waals surface area contributed by atoms with Crippen LogP contribution in [0, 0.1) is 0 Å². The second kappa shape index (κ2) is 4.42. The molecule has 1 aliphatic carbocycles. The third kappa shape index (κ3) is 1.89. The van der Waals surface area contributed by atoms with Gasteiger partial charge in [0.25, 0.3) is 0 Å². The van der Waals surface area contributed by atoms with E-state index < -0.39 is 0 Å². The average Bonchev–Trinajstić information content (AvgIpc) is 2.95. The molecular weight excluding hydrogens is 300 g/mol. The van der Waals surface area contributed by atoms with Crippen molar-refractivity contribution in [1.82, 2.24) is 0 Å². The number of thiophene rings is 1. The van der Waals surface area contributed by atoms with Crippen LogP contribution in [0.3, 0.4) is 0 Å². The van der Waals surface area contributed by atoms with Gasteiger partial charge in [0.2, 0.25) is 5.78 Å². The number of carbonyl (C=O) groups excluding carboxylic acids is 1. The van der Waals surface area contributed by atoms with Gasteiger partial charge >= 0.3 is 0 Å². The van der Waals surface area contributed by atoms with Crippen LogP contribution in [0.4, 0.5) is 0 Å². The van der Waals surface area contributed by atoms with Crippen molar-refractivity contribution in [3.8, 4) is 0 Å². The van der Waals surface area contributed by atoms with Crippen molar-refractivity contribution >= 4 is 33.0 Å². The average molecular weight is 311 g/mol. The Labute approximate surface area is 112 Å². The highest BCUT2D eigenvalue weighted by atomic mass is 79.9. The molecule has 0 aromatic carbocycles. The molecule has 2 aromatic rings. The Morgan fingerprint density at radius 1 is 1.47 bits per heavy atom. The first-order chi connectivity index (χ1) is 8.27. The third-order valence-electron chi connectivity index (χ3n) is 3.21. The SMILES string of the molecule is O=C(c1occc1Br)C1CCCc2sccc21. The van der Waals surface area contributed by atoms with Gasteiger partial charge in [0, 0.05) is 4.88 Å². The topological polar surface area (TPSA) is 30.2 Å². The highest BCUT2D eigenvalue weighted by molar-refractivity contribution is 9.10. The Hall–Kier alpha value is -0.870. The van der Waals surface area contributed by atoms with Crippen LogP contribution in [0.1, 0.15) is 39.8 Å². The van der Waals surface area contributed by atoms with Crippen LogP contribution in [0.2, 0.25) is 0 Å². The van der Waals surface area contributed by atoms with Crippen LogP contribution in [0.25, 0.3) is 0 Å². The molecule has 0 bridgehead atoms. The van der Waals surface area contributed by atoms with Crippen molar-refractivity contribution in [2.24, 2.45) is 0 Å². The van der Waals surface area contributed by atoms with Crippen LogP contribution in [0.15, 0.2) is 32.7 Å². The summed E-state index contributed by atoms with van der Waals surface area (Å²) in [6.45, 7) is 0. The molecule has 0 aliphatic heterocycles. The first-order valence-electron chi connectivity index (χ1n) is 5.61. The summed E-state index contributed by atoms with van der Waals surface area (Å²) in [5.74, 6) is 0.530. The lowest BCUT2D eigenvalue weighted by molar-refractivity contribution is 0.0922. The normalized spacial score (nSPS) is 19.0. The predicted octanol–water partition coefficient (Wildman–Crippen LogP) is 4.41. The lowest BCUT2D eigenvalue weighted by Gasteiger charge is -2.20. The van der Waals surface area contributed by atoms with E-state index in [-0.39, 0.29) is 11.7 Å². The molecule has 2 nitrogen and oxygen atoms in total. The molecule has 0 fully saturated rings. The minimum Gasteiger partial charge on any atom is -0.460 e. The summed E-state index contributed by atoms with van der Waals surface area (Å²) in [5, 5.41) is 2.08. The third-order valence-corrected chi connectivity index (χ3v) is 4.83. The molecule has 0 spiro atoms. The van der Waals surface area contributed by atoms with E-state index >= 15 is 0 Å². The lowest BCUT2D eigenvalue weighted by atomic mass is 9.84. The number of hydrogen-bond donors (Lipinski definition) is 0. The molecule has 0 radical (unpaired) electrons. The Morgan fingerprint density at radius 2 is 2.35 bits per heavy atom. The number of hydrogen-bond acceptors (Lipinski definition) is 3. The van der Waals surface area contributed by atoms with Crippen molar-refractivity contribution in [3.63, 3.8) is 0 Å². The maximum Gasteiger partial charge on any atom is 0.206 e. The van der Waals surface area contributed by atoms with E-state index in [1.54, 1.807) is 23.7 Å². The molecule has 2 aromatic heterocycles. The fraction of sp³-hybridized carbons (Fsp3) is 0.308. The smallest absolute Gasteiger partial charge is 0.206 e. The first-order valence-corrected chi connectivity index (χ1v) is 7.28. The number of aryl methyl sites for hydroxylation is 1. The fourth-order valence-corrected chi connectivity index (χ4v) is 3.77.